The largest absolute Gasteiger partial charge is 0.492 e. The van der Waals surface area contributed by atoms with Crippen molar-refractivity contribution in [1.29, 1.82) is 0 Å². The average Bonchev–Trinajstić information content (AvgIpc) is 3.01. The summed E-state index contributed by atoms with van der Waals surface area (Å²) in [5.74, 6) is 1.48. The minimum Gasteiger partial charge on any atom is -0.492 e. The van der Waals surface area contributed by atoms with Crippen molar-refractivity contribution in [3.8, 4) is 5.75 Å². The molecule has 21 heavy (non-hydrogen) atoms. The first-order valence-electron chi connectivity index (χ1n) is 7.09. The number of furan rings is 1. The number of quaternary nitrogens is 1. The Hall–Kier alpha value is -2.27. The number of amides is 1. The molecular weight excluding hydrogens is 268 g/mol. The highest BCUT2D eigenvalue weighted by molar-refractivity contribution is 5.92. The molecule has 2 aromatic rings. The SMILES string of the molecule is CCOc1ccccc1NC(=O)C[NH2+][C@H](C)c1ccco1. The maximum absolute atomic E-state index is 12.0. The standard InChI is InChI=1S/C16H20N2O3/c1-3-20-15-8-5-4-7-13(15)18-16(19)11-17-12(2)14-9-6-10-21-14/h4-10,12,17H,3,11H2,1-2H3,(H,18,19)/p+1/t12-/m1/s1. The van der Waals surface area contributed by atoms with E-state index in [4.69, 9.17) is 9.15 Å². The van der Waals surface area contributed by atoms with Crippen LogP contribution in [0.3, 0.4) is 0 Å². The zero-order valence-electron chi connectivity index (χ0n) is 12.3. The Balaban J connectivity index is 1.87. The van der Waals surface area contributed by atoms with Gasteiger partial charge in [0.25, 0.3) is 5.91 Å². The maximum Gasteiger partial charge on any atom is 0.279 e. The van der Waals surface area contributed by atoms with Crippen LogP contribution in [0.5, 0.6) is 5.75 Å². The smallest absolute Gasteiger partial charge is 0.279 e. The third-order valence-corrected chi connectivity index (χ3v) is 3.11. The van der Waals surface area contributed by atoms with Crippen LogP contribution in [0.15, 0.2) is 47.1 Å². The van der Waals surface area contributed by atoms with Crippen LogP contribution in [0.1, 0.15) is 25.6 Å². The molecule has 1 atom stereocenters. The van der Waals surface area contributed by atoms with Gasteiger partial charge < -0.3 is 19.8 Å². The third-order valence-electron chi connectivity index (χ3n) is 3.11. The number of carbonyl (C=O) groups is 1. The number of hydrogen-bond acceptors (Lipinski definition) is 3. The Kier molecular flexibility index (Phi) is 5.40. The van der Waals surface area contributed by atoms with Crippen molar-refractivity contribution < 1.29 is 19.3 Å². The molecule has 0 saturated heterocycles. The Labute approximate surface area is 124 Å². The van der Waals surface area contributed by atoms with Gasteiger partial charge >= 0.3 is 0 Å². The van der Waals surface area contributed by atoms with Crippen molar-refractivity contribution >= 4 is 11.6 Å². The second-order valence-electron chi connectivity index (χ2n) is 4.72. The van der Waals surface area contributed by atoms with Gasteiger partial charge in [0.1, 0.15) is 11.8 Å². The highest BCUT2D eigenvalue weighted by Crippen LogP contribution is 2.23. The Bertz CT molecular complexity index is 567. The van der Waals surface area contributed by atoms with Crippen molar-refractivity contribution in [2.45, 2.75) is 19.9 Å². The summed E-state index contributed by atoms with van der Waals surface area (Å²) in [5, 5.41) is 4.80. The average molecular weight is 289 g/mol. The summed E-state index contributed by atoms with van der Waals surface area (Å²) in [7, 11) is 0. The highest BCUT2D eigenvalue weighted by Gasteiger charge is 2.14. The fourth-order valence-electron chi connectivity index (χ4n) is 2.00. The number of ether oxygens (including phenoxy) is 1. The van der Waals surface area contributed by atoms with E-state index in [0.717, 1.165) is 5.76 Å². The molecule has 0 spiro atoms. The number of carbonyl (C=O) groups excluding carboxylic acids is 1. The van der Waals surface area contributed by atoms with Gasteiger partial charge in [-0.25, -0.2) is 0 Å². The van der Waals surface area contributed by atoms with Gasteiger partial charge in [0, 0.05) is 0 Å². The molecule has 0 unspecified atom stereocenters. The topological polar surface area (TPSA) is 68.1 Å². The molecule has 0 fully saturated rings. The predicted molar refractivity (Wildman–Crippen MR) is 80.2 cm³/mol. The quantitative estimate of drug-likeness (QED) is 0.818. The highest BCUT2D eigenvalue weighted by atomic mass is 16.5. The van der Waals surface area contributed by atoms with Crippen LogP contribution >= 0.6 is 0 Å². The van der Waals surface area contributed by atoms with Crippen LogP contribution in [0.25, 0.3) is 0 Å². The van der Waals surface area contributed by atoms with Gasteiger partial charge in [0.05, 0.1) is 18.6 Å². The van der Waals surface area contributed by atoms with E-state index in [-0.39, 0.29) is 11.9 Å². The Morgan fingerprint density at radius 2 is 2.14 bits per heavy atom. The minimum atomic E-state index is -0.0689. The van der Waals surface area contributed by atoms with E-state index in [2.05, 4.69) is 5.32 Å². The van der Waals surface area contributed by atoms with Crippen molar-refractivity contribution in [2.24, 2.45) is 0 Å². The van der Waals surface area contributed by atoms with Gasteiger partial charge in [-0.15, -0.1) is 0 Å². The van der Waals surface area contributed by atoms with Crippen molar-refractivity contribution in [2.75, 3.05) is 18.5 Å². The summed E-state index contributed by atoms with van der Waals surface area (Å²) in [5.41, 5.74) is 0.698. The van der Waals surface area contributed by atoms with Crippen molar-refractivity contribution in [3.63, 3.8) is 0 Å². The number of para-hydroxylation sites is 2. The van der Waals surface area contributed by atoms with E-state index < -0.39 is 0 Å². The van der Waals surface area contributed by atoms with Gasteiger partial charge in [-0.2, -0.15) is 0 Å². The van der Waals surface area contributed by atoms with Gasteiger partial charge in [0.15, 0.2) is 12.3 Å². The second kappa shape index (κ2) is 7.50. The summed E-state index contributed by atoms with van der Waals surface area (Å²) in [6.45, 7) is 4.80. The monoisotopic (exact) mass is 289 g/mol. The first-order valence-corrected chi connectivity index (χ1v) is 7.09. The molecule has 3 N–H and O–H groups in total. The lowest BCUT2D eigenvalue weighted by atomic mass is 10.2. The molecule has 1 heterocycles. The van der Waals surface area contributed by atoms with Gasteiger partial charge in [-0.05, 0) is 38.1 Å². The van der Waals surface area contributed by atoms with Crippen molar-refractivity contribution in [1.82, 2.24) is 0 Å². The zero-order chi connectivity index (χ0) is 15.1. The Morgan fingerprint density at radius 3 is 2.86 bits per heavy atom. The first kappa shape index (κ1) is 15.1. The number of benzene rings is 1. The molecule has 2 rings (SSSR count). The lowest BCUT2D eigenvalue weighted by Crippen LogP contribution is -2.86. The first-order chi connectivity index (χ1) is 10.2. The van der Waals surface area contributed by atoms with Crippen LogP contribution in [-0.2, 0) is 4.79 Å². The van der Waals surface area contributed by atoms with E-state index in [1.54, 1.807) is 6.26 Å². The summed E-state index contributed by atoms with van der Waals surface area (Å²) in [6.07, 6.45) is 1.64. The lowest BCUT2D eigenvalue weighted by molar-refractivity contribution is -0.684. The van der Waals surface area contributed by atoms with Crippen LogP contribution < -0.4 is 15.4 Å². The molecule has 0 aliphatic heterocycles. The number of rotatable bonds is 7. The van der Waals surface area contributed by atoms with Gasteiger partial charge in [-0.3, -0.25) is 4.79 Å². The molecular formula is C16H21N2O3+. The molecule has 5 nitrogen and oxygen atoms in total. The normalized spacial score (nSPS) is 11.9. The number of nitrogens with two attached hydrogens (primary N) is 1. The van der Waals surface area contributed by atoms with Crippen LogP contribution in [-0.4, -0.2) is 19.1 Å². The van der Waals surface area contributed by atoms with Gasteiger partial charge in [-0.1, -0.05) is 12.1 Å². The lowest BCUT2D eigenvalue weighted by Gasteiger charge is -2.12. The number of anilines is 1. The second-order valence-corrected chi connectivity index (χ2v) is 4.72. The summed E-state index contributed by atoms with van der Waals surface area (Å²) in [4.78, 5) is 12.0. The number of nitrogens with one attached hydrogen (secondary N) is 1. The summed E-state index contributed by atoms with van der Waals surface area (Å²) < 4.78 is 10.8. The third kappa shape index (κ3) is 4.36. The fraction of sp³-hybridized carbons (Fsp3) is 0.312. The molecule has 5 heteroatoms. The van der Waals surface area contributed by atoms with E-state index in [9.17, 15) is 4.79 Å². The molecule has 0 aliphatic rings. The van der Waals surface area contributed by atoms with Crippen molar-refractivity contribution in [3.05, 3.63) is 48.4 Å². The molecule has 1 amide bonds. The summed E-state index contributed by atoms with van der Waals surface area (Å²) in [6, 6.07) is 11.3. The van der Waals surface area contributed by atoms with E-state index in [0.29, 0.717) is 24.6 Å². The van der Waals surface area contributed by atoms with Crippen LogP contribution in [0.2, 0.25) is 0 Å². The molecule has 0 saturated carbocycles. The minimum absolute atomic E-state index is 0.0689. The fourth-order valence-corrected chi connectivity index (χ4v) is 2.00. The molecule has 1 aromatic carbocycles. The molecule has 0 aliphatic carbocycles. The number of hydrogen-bond donors (Lipinski definition) is 2. The predicted octanol–water partition coefficient (Wildman–Crippen LogP) is 1.94. The zero-order valence-corrected chi connectivity index (χ0v) is 12.3. The van der Waals surface area contributed by atoms with Crippen LogP contribution in [0.4, 0.5) is 5.69 Å². The molecule has 112 valence electrons. The molecule has 0 radical (unpaired) electrons. The van der Waals surface area contributed by atoms with Crippen LogP contribution in [0, 0.1) is 0 Å². The Morgan fingerprint density at radius 1 is 1.33 bits per heavy atom. The molecule has 0 bridgehead atoms. The molecule has 1 aromatic heterocycles. The van der Waals surface area contributed by atoms with Gasteiger partial charge in [0.2, 0.25) is 0 Å². The van der Waals surface area contributed by atoms with E-state index in [1.807, 2.05) is 55.6 Å². The van der Waals surface area contributed by atoms with E-state index >= 15 is 0 Å². The van der Waals surface area contributed by atoms with E-state index in [1.165, 1.54) is 0 Å². The maximum atomic E-state index is 12.0. The summed E-state index contributed by atoms with van der Waals surface area (Å²) >= 11 is 0.